The van der Waals surface area contributed by atoms with Crippen molar-refractivity contribution in [3.63, 3.8) is 0 Å². The number of hydrogen-bond acceptors (Lipinski definition) is 3. The van der Waals surface area contributed by atoms with Crippen LogP contribution in [-0.2, 0) is 4.79 Å². The van der Waals surface area contributed by atoms with Crippen molar-refractivity contribution >= 4 is 5.91 Å². The van der Waals surface area contributed by atoms with Crippen LogP contribution in [0.2, 0.25) is 0 Å². The van der Waals surface area contributed by atoms with Crippen LogP contribution in [0.25, 0.3) is 0 Å². The highest BCUT2D eigenvalue weighted by molar-refractivity contribution is 5.78. The number of likely N-dealkylation sites (tertiary alicyclic amines) is 1. The summed E-state index contributed by atoms with van der Waals surface area (Å²) >= 11 is 0. The lowest BCUT2D eigenvalue weighted by molar-refractivity contribution is -0.134. The standard InChI is InChI=1S/C17H26N2O2/c1-18(2)17(20)15-8-6-11-19(14-15)12-7-13-21-16-9-4-3-5-10-16/h3-5,9-10,15H,6-8,11-14H2,1-2H3/t15-/m0/s1. The van der Waals surface area contributed by atoms with E-state index in [0.29, 0.717) is 0 Å². The maximum atomic E-state index is 12.0. The SMILES string of the molecule is CN(C)C(=O)[C@H]1CCCN(CCCOc2ccccc2)C1. The van der Waals surface area contributed by atoms with Crippen LogP contribution in [-0.4, -0.2) is 56.0 Å². The first-order chi connectivity index (χ1) is 10.2. The summed E-state index contributed by atoms with van der Waals surface area (Å²) < 4.78 is 5.71. The van der Waals surface area contributed by atoms with E-state index in [-0.39, 0.29) is 11.8 Å². The van der Waals surface area contributed by atoms with Gasteiger partial charge in [0, 0.05) is 27.2 Å². The fourth-order valence-corrected chi connectivity index (χ4v) is 2.82. The molecule has 1 amide bonds. The van der Waals surface area contributed by atoms with E-state index >= 15 is 0 Å². The summed E-state index contributed by atoms with van der Waals surface area (Å²) in [6.45, 7) is 3.72. The molecular formula is C17H26N2O2. The maximum Gasteiger partial charge on any atom is 0.226 e. The Morgan fingerprint density at radius 3 is 2.81 bits per heavy atom. The van der Waals surface area contributed by atoms with Crippen LogP contribution in [0.4, 0.5) is 0 Å². The number of piperidine rings is 1. The van der Waals surface area contributed by atoms with Crippen molar-refractivity contribution in [2.45, 2.75) is 19.3 Å². The van der Waals surface area contributed by atoms with E-state index in [1.807, 2.05) is 44.4 Å². The minimum Gasteiger partial charge on any atom is -0.494 e. The molecule has 0 unspecified atom stereocenters. The molecule has 4 heteroatoms. The average molecular weight is 290 g/mol. The lowest BCUT2D eigenvalue weighted by Crippen LogP contribution is -2.43. The quantitative estimate of drug-likeness (QED) is 0.753. The van der Waals surface area contributed by atoms with Gasteiger partial charge < -0.3 is 14.5 Å². The monoisotopic (exact) mass is 290 g/mol. The predicted molar refractivity (Wildman–Crippen MR) is 84.4 cm³/mol. The van der Waals surface area contributed by atoms with Gasteiger partial charge in [0.25, 0.3) is 0 Å². The molecular weight excluding hydrogens is 264 g/mol. The lowest BCUT2D eigenvalue weighted by atomic mass is 9.96. The third-order valence-corrected chi connectivity index (χ3v) is 3.93. The molecule has 1 heterocycles. The summed E-state index contributed by atoms with van der Waals surface area (Å²) in [5.74, 6) is 1.36. The van der Waals surface area contributed by atoms with Gasteiger partial charge in [-0.2, -0.15) is 0 Å². The molecule has 0 N–H and O–H groups in total. The van der Waals surface area contributed by atoms with Crippen LogP contribution in [0.5, 0.6) is 5.75 Å². The van der Waals surface area contributed by atoms with Gasteiger partial charge in [-0.15, -0.1) is 0 Å². The minimum atomic E-state index is 0.170. The predicted octanol–water partition coefficient (Wildman–Crippen LogP) is 2.26. The average Bonchev–Trinajstić information content (AvgIpc) is 2.52. The summed E-state index contributed by atoms with van der Waals surface area (Å²) in [4.78, 5) is 16.1. The second kappa shape index (κ2) is 8.03. The third-order valence-electron chi connectivity index (χ3n) is 3.93. The first-order valence-electron chi connectivity index (χ1n) is 7.78. The smallest absolute Gasteiger partial charge is 0.226 e. The summed E-state index contributed by atoms with van der Waals surface area (Å²) in [6.07, 6.45) is 3.13. The molecule has 0 aromatic heterocycles. The molecule has 1 saturated heterocycles. The highest BCUT2D eigenvalue weighted by Crippen LogP contribution is 2.18. The highest BCUT2D eigenvalue weighted by atomic mass is 16.5. The van der Waals surface area contributed by atoms with Gasteiger partial charge in [-0.1, -0.05) is 18.2 Å². The van der Waals surface area contributed by atoms with Crippen molar-refractivity contribution in [2.75, 3.05) is 40.3 Å². The number of rotatable bonds is 6. The molecule has 0 bridgehead atoms. The van der Waals surface area contributed by atoms with E-state index in [1.165, 1.54) is 0 Å². The van der Waals surface area contributed by atoms with Crippen LogP contribution >= 0.6 is 0 Å². The molecule has 0 spiro atoms. The van der Waals surface area contributed by atoms with Crippen LogP contribution in [0.1, 0.15) is 19.3 Å². The Bertz CT molecular complexity index is 434. The summed E-state index contributed by atoms with van der Waals surface area (Å²) in [5, 5.41) is 0. The first-order valence-corrected chi connectivity index (χ1v) is 7.78. The molecule has 21 heavy (non-hydrogen) atoms. The zero-order valence-corrected chi connectivity index (χ0v) is 13.1. The molecule has 0 radical (unpaired) electrons. The van der Waals surface area contributed by atoms with Crippen LogP contribution in [0, 0.1) is 5.92 Å². The molecule has 1 aromatic carbocycles. The van der Waals surface area contributed by atoms with Gasteiger partial charge in [-0.05, 0) is 37.9 Å². The van der Waals surface area contributed by atoms with Crippen LogP contribution < -0.4 is 4.74 Å². The van der Waals surface area contributed by atoms with Crippen molar-refractivity contribution in [1.82, 2.24) is 9.80 Å². The van der Waals surface area contributed by atoms with E-state index < -0.39 is 0 Å². The Hall–Kier alpha value is -1.55. The van der Waals surface area contributed by atoms with Gasteiger partial charge in [0.2, 0.25) is 5.91 Å². The zero-order chi connectivity index (χ0) is 15.1. The molecule has 1 aliphatic heterocycles. The third kappa shape index (κ3) is 5.05. The Morgan fingerprint density at radius 1 is 1.33 bits per heavy atom. The van der Waals surface area contributed by atoms with Gasteiger partial charge in [-0.25, -0.2) is 0 Å². The maximum absolute atomic E-state index is 12.0. The number of benzene rings is 1. The van der Waals surface area contributed by atoms with Gasteiger partial charge in [0.1, 0.15) is 5.75 Å². The van der Waals surface area contributed by atoms with Gasteiger partial charge in [0.05, 0.1) is 12.5 Å². The van der Waals surface area contributed by atoms with Crippen molar-refractivity contribution in [2.24, 2.45) is 5.92 Å². The Morgan fingerprint density at radius 2 is 2.10 bits per heavy atom. The highest BCUT2D eigenvalue weighted by Gasteiger charge is 2.26. The number of carbonyl (C=O) groups excluding carboxylic acids is 1. The summed E-state index contributed by atoms with van der Waals surface area (Å²) in [7, 11) is 3.68. The Kier molecular flexibility index (Phi) is 6.05. The molecule has 2 rings (SSSR count). The van der Waals surface area contributed by atoms with Crippen molar-refractivity contribution in [3.05, 3.63) is 30.3 Å². The van der Waals surface area contributed by atoms with Crippen molar-refractivity contribution < 1.29 is 9.53 Å². The van der Waals surface area contributed by atoms with Crippen LogP contribution in [0.3, 0.4) is 0 Å². The molecule has 1 aliphatic rings. The molecule has 0 aliphatic carbocycles. The Labute approximate surface area is 127 Å². The minimum absolute atomic E-state index is 0.170. The molecule has 1 fully saturated rings. The fraction of sp³-hybridized carbons (Fsp3) is 0.588. The molecule has 1 atom stereocenters. The zero-order valence-electron chi connectivity index (χ0n) is 13.1. The number of nitrogens with zero attached hydrogens (tertiary/aromatic N) is 2. The Balaban J connectivity index is 1.67. The molecule has 0 saturated carbocycles. The van der Waals surface area contributed by atoms with Gasteiger partial charge in [-0.3, -0.25) is 4.79 Å². The van der Waals surface area contributed by atoms with Gasteiger partial charge in [0.15, 0.2) is 0 Å². The number of carbonyl (C=O) groups is 1. The molecule has 1 aromatic rings. The lowest BCUT2D eigenvalue weighted by Gasteiger charge is -2.33. The number of para-hydroxylation sites is 1. The van der Waals surface area contributed by atoms with E-state index in [2.05, 4.69) is 4.90 Å². The summed E-state index contributed by atoms with van der Waals surface area (Å²) in [6, 6.07) is 9.91. The van der Waals surface area contributed by atoms with Crippen molar-refractivity contribution in [1.29, 1.82) is 0 Å². The second-order valence-electron chi connectivity index (χ2n) is 5.89. The van der Waals surface area contributed by atoms with Crippen LogP contribution in [0.15, 0.2) is 30.3 Å². The normalized spacial score (nSPS) is 19.2. The first kappa shape index (κ1) is 15.8. The number of ether oxygens (including phenoxy) is 1. The van der Waals surface area contributed by atoms with E-state index in [0.717, 1.165) is 51.3 Å². The largest absolute Gasteiger partial charge is 0.494 e. The topological polar surface area (TPSA) is 32.8 Å². The van der Waals surface area contributed by atoms with Gasteiger partial charge >= 0.3 is 0 Å². The van der Waals surface area contributed by atoms with E-state index in [4.69, 9.17) is 4.74 Å². The number of hydrogen-bond donors (Lipinski definition) is 0. The van der Waals surface area contributed by atoms with E-state index in [1.54, 1.807) is 4.90 Å². The molecule has 116 valence electrons. The second-order valence-corrected chi connectivity index (χ2v) is 5.89. The van der Waals surface area contributed by atoms with E-state index in [9.17, 15) is 4.79 Å². The summed E-state index contributed by atoms with van der Waals surface area (Å²) in [5.41, 5.74) is 0. The fourth-order valence-electron chi connectivity index (χ4n) is 2.82. The number of amides is 1. The van der Waals surface area contributed by atoms with Crippen molar-refractivity contribution in [3.8, 4) is 5.75 Å². The molecule has 4 nitrogen and oxygen atoms in total.